The molecule has 1 aromatic heterocycles. The Hall–Kier alpha value is -3.24. The molecular weight excluding hydrogens is 452 g/mol. The molecule has 4 rings (SSSR count). The Morgan fingerprint density at radius 3 is 2.39 bits per heavy atom. The Morgan fingerprint density at radius 1 is 1.14 bits per heavy atom. The number of rotatable bonds is 6. The molecule has 7 heteroatoms. The smallest absolute Gasteiger partial charge is 0.248 e. The van der Waals surface area contributed by atoms with Crippen molar-refractivity contribution in [1.82, 2.24) is 10.3 Å². The minimum absolute atomic E-state index is 0.0710. The van der Waals surface area contributed by atoms with Crippen molar-refractivity contribution >= 4 is 17.5 Å². The Labute approximate surface area is 213 Å². The third-order valence-electron chi connectivity index (χ3n) is 7.52. The van der Waals surface area contributed by atoms with Crippen molar-refractivity contribution in [2.75, 3.05) is 4.90 Å². The number of amides is 2. The van der Waals surface area contributed by atoms with E-state index in [1.807, 2.05) is 24.3 Å². The Bertz CT molecular complexity index is 1100. The Morgan fingerprint density at radius 2 is 1.83 bits per heavy atom. The molecule has 2 amide bonds. The highest BCUT2D eigenvalue weighted by molar-refractivity contribution is 6.03. The zero-order valence-electron chi connectivity index (χ0n) is 21.4. The third kappa shape index (κ3) is 5.44. The summed E-state index contributed by atoms with van der Waals surface area (Å²) >= 11 is 0. The van der Waals surface area contributed by atoms with Crippen LogP contribution in [-0.4, -0.2) is 34.1 Å². The van der Waals surface area contributed by atoms with E-state index < -0.39 is 24.0 Å². The van der Waals surface area contributed by atoms with Gasteiger partial charge in [-0.25, -0.2) is 0 Å². The van der Waals surface area contributed by atoms with Crippen molar-refractivity contribution in [3.63, 3.8) is 0 Å². The van der Waals surface area contributed by atoms with Crippen LogP contribution in [0, 0.1) is 23.2 Å². The highest BCUT2D eigenvalue weighted by Crippen LogP contribution is 2.40. The number of pyridine rings is 1. The molecule has 2 N–H and O–H groups in total. The fourth-order valence-corrected chi connectivity index (χ4v) is 5.24. The molecule has 0 spiro atoms. The predicted octanol–water partition coefficient (Wildman–Crippen LogP) is 4.42. The average molecular weight is 489 g/mol. The summed E-state index contributed by atoms with van der Waals surface area (Å²) in [6.07, 6.45) is 7.79. The van der Waals surface area contributed by atoms with Crippen LogP contribution in [0.4, 0.5) is 5.69 Å². The van der Waals surface area contributed by atoms with Crippen molar-refractivity contribution in [2.45, 2.75) is 82.9 Å². The van der Waals surface area contributed by atoms with E-state index in [-0.39, 0.29) is 29.7 Å². The molecule has 1 unspecified atom stereocenters. The molecule has 2 aliphatic carbocycles. The predicted molar refractivity (Wildman–Crippen MR) is 138 cm³/mol. The molecule has 2 aliphatic rings. The first-order chi connectivity index (χ1) is 17.2. The van der Waals surface area contributed by atoms with E-state index in [9.17, 15) is 20.0 Å². The van der Waals surface area contributed by atoms with Gasteiger partial charge in [-0.3, -0.25) is 19.5 Å². The second-order valence-electron chi connectivity index (χ2n) is 11.1. The number of nitrogens with one attached hydrogen (secondary N) is 1. The van der Waals surface area contributed by atoms with Crippen LogP contribution in [0.3, 0.4) is 0 Å². The van der Waals surface area contributed by atoms with Crippen LogP contribution in [0.2, 0.25) is 0 Å². The molecule has 0 bridgehead atoms. The lowest BCUT2D eigenvalue weighted by atomic mass is 9.71. The first-order valence-electron chi connectivity index (χ1n) is 12.9. The monoisotopic (exact) mass is 488 g/mol. The van der Waals surface area contributed by atoms with Gasteiger partial charge in [0.1, 0.15) is 6.04 Å². The van der Waals surface area contributed by atoms with Gasteiger partial charge in [-0.1, -0.05) is 58.2 Å². The lowest BCUT2D eigenvalue weighted by Crippen LogP contribution is -2.54. The van der Waals surface area contributed by atoms with Crippen LogP contribution >= 0.6 is 0 Å². The lowest BCUT2D eigenvalue weighted by Gasteiger charge is -2.41. The van der Waals surface area contributed by atoms with E-state index >= 15 is 0 Å². The van der Waals surface area contributed by atoms with Crippen LogP contribution in [0.1, 0.15) is 76.5 Å². The van der Waals surface area contributed by atoms with Crippen molar-refractivity contribution < 1.29 is 14.7 Å². The molecule has 0 radical (unpaired) electrons. The quantitative estimate of drug-likeness (QED) is 0.626. The maximum atomic E-state index is 14.0. The number of hydrogen-bond acceptors (Lipinski definition) is 5. The number of nitriles is 1. The summed E-state index contributed by atoms with van der Waals surface area (Å²) in [5, 5.41) is 22.9. The highest BCUT2D eigenvalue weighted by Gasteiger charge is 2.48. The fourth-order valence-electron chi connectivity index (χ4n) is 5.24. The molecular formula is C29H36N4O3. The van der Waals surface area contributed by atoms with Gasteiger partial charge < -0.3 is 10.4 Å². The molecule has 190 valence electrons. The number of aliphatic hydroxyl groups is 1. The fraction of sp³-hybridized carbons (Fsp3) is 0.517. The molecule has 1 aromatic carbocycles. The Balaban J connectivity index is 1.76. The topological polar surface area (TPSA) is 106 Å². The zero-order chi connectivity index (χ0) is 25.9. The van der Waals surface area contributed by atoms with Gasteiger partial charge in [0, 0.05) is 29.7 Å². The molecule has 7 nitrogen and oxygen atoms in total. The largest absolute Gasteiger partial charge is 0.392 e. The minimum atomic E-state index is -0.939. The van der Waals surface area contributed by atoms with Gasteiger partial charge in [0.25, 0.3) is 0 Å². The first-order valence-corrected chi connectivity index (χ1v) is 12.9. The molecule has 0 saturated heterocycles. The average Bonchev–Trinajstić information content (AvgIpc) is 2.86. The molecule has 2 fully saturated rings. The normalized spacial score (nSPS) is 23.1. The van der Waals surface area contributed by atoms with Crippen LogP contribution in [0.25, 0.3) is 0 Å². The van der Waals surface area contributed by atoms with Crippen LogP contribution in [-0.2, 0) is 15.0 Å². The van der Waals surface area contributed by atoms with Gasteiger partial charge in [0.15, 0.2) is 0 Å². The summed E-state index contributed by atoms with van der Waals surface area (Å²) in [4.78, 5) is 33.6. The van der Waals surface area contributed by atoms with Gasteiger partial charge in [-0.2, -0.15) is 5.26 Å². The third-order valence-corrected chi connectivity index (χ3v) is 7.52. The highest BCUT2D eigenvalue weighted by atomic mass is 16.3. The first kappa shape index (κ1) is 25.8. The van der Waals surface area contributed by atoms with E-state index in [2.05, 4.69) is 37.1 Å². The standard InChI is InChI=1S/C29H36N4O3/c1-29(2,3)20-11-13-22(14-12-20)33(28(36)23-16-25(34)24(23)17-30)26(19-8-7-15-31-18-19)27(35)32-21-9-5-4-6-10-21/h7-8,11-15,18,21,23-26,34H,4-6,9-10,16H2,1-3H3,(H,32,35)/t23-,24-,25+,26?/m0/s1. The lowest BCUT2D eigenvalue weighted by molar-refractivity contribution is -0.135. The van der Waals surface area contributed by atoms with Crippen LogP contribution in [0.5, 0.6) is 0 Å². The van der Waals surface area contributed by atoms with E-state index in [0.29, 0.717) is 11.3 Å². The van der Waals surface area contributed by atoms with Crippen molar-refractivity contribution in [2.24, 2.45) is 11.8 Å². The Kier molecular flexibility index (Phi) is 7.75. The number of nitrogens with zero attached hydrogens (tertiary/aromatic N) is 3. The number of benzene rings is 1. The SMILES string of the molecule is CC(C)(C)c1ccc(N(C(=O)[C@H]2C[C@@H](O)[C@H]2C#N)C(C(=O)NC2CCCCC2)c2cccnc2)cc1. The van der Waals surface area contributed by atoms with Crippen molar-refractivity contribution in [1.29, 1.82) is 5.26 Å². The molecule has 1 heterocycles. The summed E-state index contributed by atoms with van der Waals surface area (Å²) < 4.78 is 0. The maximum absolute atomic E-state index is 14.0. The summed E-state index contributed by atoms with van der Waals surface area (Å²) in [6, 6.07) is 12.5. The van der Waals surface area contributed by atoms with E-state index in [1.165, 1.54) is 11.3 Å². The number of aromatic nitrogens is 1. The van der Waals surface area contributed by atoms with Crippen molar-refractivity contribution in [3.8, 4) is 6.07 Å². The molecule has 2 aromatic rings. The van der Waals surface area contributed by atoms with E-state index in [0.717, 1.165) is 31.2 Å². The van der Waals surface area contributed by atoms with E-state index in [4.69, 9.17) is 0 Å². The second kappa shape index (κ2) is 10.8. The van der Waals surface area contributed by atoms with Crippen LogP contribution < -0.4 is 10.2 Å². The molecule has 0 aliphatic heterocycles. The summed E-state index contributed by atoms with van der Waals surface area (Å²) in [5.41, 5.74) is 2.22. The van der Waals surface area contributed by atoms with Gasteiger partial charge >= 0.3 is 0 Å². The zero-order valence-corrected chi connectivity index (χ0v) is 21.4. The van der Waals surface area contributed by atoms with Gasteiger partial charge in [-0.15, -0.1) is 0 Å². The van der Waals surface area contributed by atoms with Gasteiger partial charge in [0.05, 0.1) is 24.0 Å². The summed E-state index contributed by atoms with van der Waals surface area (Å²) in [7, 11) is 0. The maximum Gasteiger partial charge on any atom is 0.248 e. The van der Waals surface area contributed by atoms with Crippen LogP contribution in [0.15, 0.2) is 48.8 Å². The number of aliphatic hydroxyl groups excluding tert-OH is 1. The van der Waals surface area contributed by atoms with Gasteiger partial charge in [-0.05, 0) is 48.4 Å². The molecule has 2 saturated carbocycles. The minimum Gasteiger partial charge on any atom is -0.392 e. The summed E-state index contributed by atoms with van der Waals surface area (Å²) in [5.74, 6) is -2.04. The van der Waals surface area contributed by atoms with Gasteiger partial charge in [0.2, 0.25) is 11.8 Å². The van der Waals surface area contributed by atoms with E-state index in [1.54, 1.807) is 24.5 Å². The molecule has 36 heavy (non-hydrogen) atoms. The summed E-state index contributed by atoms with van der Waals surface area (Å²) in [6.45, 7) is 6.36. The number of hydrogen-bond donors (Lipinski definition) is 2. The number of carbonyl (C=O) groups excluding carboxylic acids is 2. The molecule has 4 atom stereocenters. The number of carbonyl (C=O) groups is 2. The number of anilines is 1. The van der Waals surface area contributed by atoms with Crippen molar-refractivity contribution in [3.05, 3.63) is 59.9 Å². The second-order valence-corrected chi connectivity index (χ2v) is 11.1.